The summed E-state index contributed by atoms with van der Waals surface area (Å²) in [5, 5.41) is 4.56. The number of benzene rings is 2. The second-order valence-corrected chi connectivity index (χ2v) is 5.42. The van der Waals surface area contributed by atoms with Crippen LogP contribution in [0.1, 0.15) is 21.6 Å². The summed E-state index contributed by atoms with van der Waals surface area (Å²) in [6.45, 7) is 2.37. The number of aryl methyl sites for hydroxylation is 1. The summed E-state index contributed by atoms with van der Waals surface area (Å²) in [7, 11) is 0. The quantitative estimate of drug-likeness (QED) is 0.752. The first kappa shape index (κ1) is 13.7. The molecule has 4 heteroatoms. The maximum absolute atomic E-state index is 12.4. The fourth-order valence-electron chi connectivity index (χ4n) is 2.49. The van der Waals surface area contributed by atoms with Crippen LogP contribution in [-0.4, -0.2) is 10.9 Å². The predicted octanol–water partition coefficient (Wildman–Crippen LogP) is 4.06. The lowest BCUT2D eigenvalue weighted by molar-refractivity contribution is 0.0952. The maximum Gasteiger partial charge on any atom is 0.253 e. The van der Waals surface area contributed by atoms with Crippen molar-refractivity contribution in [3.05, 3.63) is 70.4 Å². The normalized spacial score (nSPS) is 10.8. The van der Waals surface area contributed by atoms with E-state index in [2.05, 4.69) is 10.3 Å². The number of hydrogen-bond donors (Lipinski definition) is 2. The van der Waals surface area contributed by atoms with Gasteiger partial charge in [-0.15, -0.1) is 0 Å². The number of carbonyl (C=O) groups is 1. The van der Waals surface area contributed by atoms with E-state index in [1.165, 1.54) is 0 Å². The van der Waals surface area contributed by atoms with E-state index in [-0.39, 0.29) is 5.91 Å². The van der Waals surface area contributed by atoms with E-state index in [9.17, 15) is 4.79 Å². The monoisotopic (exact) mass is 298 g/mol. The van der Waals surface area contributed by atoms with E-state index < -0.39 is 0 Å². The zero-order valence-corrected chi connectivity index (χ0v) is 12.4. The summed E-state index contributed by atoms with van der Waals surface area (Å²) >= 11 is 5.95. The Labute approximate surface area is 127 Å². The second-order valence-electron chi connectivity index (χ2n) is 4.98. The van der Waals surface area contributed by atoms with Gasteiger partial charge in [0.15, 0.2) is 0 Å². The molecule has 0 radical (unpaired) electrons. The van der Waals surface area contributed by atoms with Gasteiger partial charge in [-0.25, -0.2) is 0 Å². The fourth-order valence-corrected chi connectivity index (χ4v) is 2.70. The molecule has 0 bridgehead atoms. The number of nitrogens with one attached hydrogen (secondary N) is 2. The molecule has 0 saturated heterocycles. The van der Waals surface area contributed by atoms with E-state index in [0.29, 0.717) is 17.1 Å². The van der Waals surface area contributed by atoms with Crippen LogP contribution in [0.15, 0.2) is 48.5 Å². The first-order chi connectivity index (χ1) is 10.1. The Kier molecular flexibility index (Phi) is 3.67. The van der Waals surface area contributed by atoms with E-state index >= 15 is 0 Å². The number of aromatic amines is 1. The molecule has 0 aliphatic heterocycles. The molecule has 0 aliphatic rings. The van der Waals surface area contributed by atoms with Crippen molar-refractivity contribution in [2.24, 2.45) is 0 Å². The van der Waals surface area contributed by atoms with Gasteiger partial charge >= 0.3 is 0 Å². The summed E-state index contributed by atoms with van der Waals surface area (Å²) in [5.74, 6) is -0.0788. The third kappa shape index (κ3) is 2.78. The number of halogens is 1. The molecule has 3 rings (SSSR count). The van der Waals surface area contributed by atoms with E-state index in [4.69, 9.17) is 11.6 Å². The molecule has 21 heavy (non-hydrogen) atoms. The van der Waals surface area contributed by atoms with Crippen molar-refractivity contribution in [2.75, 3.05) is 0 Å². The van der Waals surface area contributed by atoms with Crippen LogP contribution in [0.2, 0.25) is 5.02 Å². The van der Waals surface area contributed by atoms with Gasteiger partial charge in [0.1, 0.15) is 0 Å². The van der Waals surface area contributed by atoms with Crippen molar-refractivity contribution in [3.63, 3.8) is 0 Å². The number of carbonyl (C=O) groups excluding carboxylic acids is 1. The number of fused-ring (bicyclic) bond motifs is 1. The van der Waals surface area contributed by atoms with E-state index in [1.54, 1.807) is 0 Å². The molecule has 1 aromatic heterocycles. The average molecular weight is 299 g/mol. The smallest absolute Gasteiger partial charge is 0.253 e. The lowest BCUT2D eigenvalue weighted by Crippen LogP contribution is -2.23. The van der Waals surface area contributed by atoms with Crippen LogP contribution in [0.4, 0.5) is 0 Å². The van der Waals surface area contributed by atoms with Crippen molar-refractivity contribution < 1.29 is 4.79 Å². The lowest BCUT2D eigenvalue weighted by Gasteiger charge is -2.06. The number of para-hydroxylation sites is 1. The maximum atomic E-state index is 12.4. The molecule has 3 aromatic rings. The second kappa shape index (κ2) is 5.62. The zero-order valence-electron chi connectivity index (χ0n) is 11.6. The Balaban J connectivity index is 1.83. The van der Waals surface area contributed by atoms with Crippen LogP contribution >= 0.6 is 11.6 Å². The molecule has 1 heterocycles. The van der Waals surface area contributed by atoms with Crippen LogP contribution in [-0.2, 0) is 6.54 Å². The Morgan fingerprint density at radius 3 is 2.81 bits per heavy atom. The number of H-pyrrole nitrogens is 1. The highest BCUT2D eigenvalue weighted by atomic mass is 35.5. The molecule has 106 valence electrons. The van der Waals surface area contributed by atoms with Crippen molar-refractivity contribution in [1.82, 2.24) is 10.3 Å². The molecule has 0 spiro atoms. The van der Waals surface area contributed by atoms with Gasteiger partial charge in [0, 0.05) is 28.2 Å². The van der Waals surface area contributed by atoms with Crippen LogP contribution in [0.5, 0.6) is 0 Å². The minimum atomic E-state index is -0.0788. The first-order valence-corrected chi connectivity index (χ1v) is 7.13. The van der Waals surface area contributed by atoms with Gasteiger partial charge in [-0.2, -0.15) is 0 Å². The molecular formula is C17H15ClN2O. The van der Waals surface area contributed by atoms with E-state index in [0.717, 1.165) is 22.2 Å². The van der Waals surface area contributed by atoms with Crippen molar-refractivity contribution in [3.8, 4) is 0 Å². The first-order valence-electron chi connectivity index (χ1n) is 6.75. The average Bonchev–Trinajstić information content (AvgIpc) is 2.81. The SMILES string of the molecule is Cc1[nH]c2ccccc2c1C(=O)NCc1cccc(Cl)c1. The topological polar surface area (TPSA) is 44.9 Å². The largest absolute Gasteiger partial charge is 0.358 e. The number of hydrogen-bond acceptors (Lipinski definition) is 1. The van der Waals surface area contributed by atoms with Gasteiger partial charge in [0.25, 0.3) is 5.91 Å². The molecule has 0 aliphatic carbocycles. The van der Waals surface area contributed by atoms with Crippen LogP contribution in [0.25, 0.3) is 10.9 Å². The standard InChI is InChI=1S/C17H15ClN2O/c1-11-16(14-7-2-3-8-15(14)20-11)17(21)19-10-12-5-4-6-13(18)9-12/h2-9,20H,10H2,1H3,(H,19,21). The number of rotatable bonds is 3. The lowest BCUT2D eigenvalue weighted by atomic mass is 10.1. The molecule has 1 amide bonds. The Bertz CT molecular complexity index is 807. The molecule has 0 saturated carbocycles. The van der Waals surface area contributed by atoms with Crippen LogP contribution in [0, 0.1) is 6.92 Å². The zero-order chi connectivity index (χ0) is 14.8. The highest BCUT2D eigenvalue weighted by molar-refractivity contribution is 6.30. The Morgan fingerprint density at radius 1 is 1.19 bits per heavy atom. The predicted molar refractivity (Wildman–Crippen MR) is 85.7 cm³/mol. The summed E-state index contributed by atoms with van der Waals surface area (Å²) in [6.07, 6.45) is 0. The van der Waals surface area contributed by atoms with E-state index in [1.807, 2.05) is 55.5 Å². The van der Waals surface area contributed by atoms with Gasteiger partial charge in [-0.1, -0.05) is 41.9 Å². The van der Waals surface area contributed by atoms with Crippen LogP contribution < -0.4 is 5.32 Å². The molecular weight excluding hydrogens is 284 g/mol. The summed E-state index contributed by atoms with van der Waals surface area (Å²) in [6, 6.07) is 15.3. The van der Waals surface area contributed by atoms with Crippen LogP contribution in [0.3, 0.4) is 0 Å². The number of amides is 1. The Hall–Kier alpha value is -2.26. The third-order valence-corrected chi connectivity index (χ3v) is 3.70. The summed E-state index contributed by atoms with van der Waals surface area (Å²) < 4.78 is 0. The number of aromatic nitrogens is 1. The van der Waals surface area contributed by atoms with Gasteiger partial charge in [0.05, 0.1) is 5.56 Å². The fraction of sp³-hybridized carbons (Fsp3) is 0.118. The third-order valence-electron chi connectivity index (χ3n) is 3.46. The Morgan fingerprint density at radius 2 is 2.00 bits per heavy atom. The molecule has 3 nitrogen and oxygen atoms in total. The highest BCUT2D eigenvalue weighted by Crippen LogP contribution is 2.21. The minimum absolute atomic E-state index is 0.0788. The van der Waals surface area contributed by atoms with Gasteiger partial charge in [-0.05, 0) is 30.7 Å². The van der Waals surface area contributed by atoms with Gasteiger partial charge in [-0.3, -0.25) is 4.79 Å². The van der Waals surface area contributed by atoms with Crippen molar-refractivity contribution >= 4 is 28.4 Å². The highest BCUT2D eigenvalue weighted by Gasteiger charge is 2.15. The summed E-state index contributed by atoms with van der Waals surface area (Å²) in [5.41, 5.74) is 3.53. The van der Waals surface area contributed by atoms with Crippen molar-refractivity contribution in [1.29, 1.82) is 0 Å². The summed E-state index contributed by atoms with van der Waals surface area (Å²) in [4.78, 5) is 15.7. The molecule has 0 atom stereocenters. The molecule has 2 aromatic carbocycles. The molecule has 0 unspecified atom stereocenters. The van der Waals surface area contributed by atoms with Gasteiger partial charge in [0.2, 0.25) is 0 Å². The minimum Gasteiger partial charge on any atom is -0.358 e. The van der Waals surface area contributed by atoms with Crippen molar-refractivity contribution in [2.45, 2.75) is 13.5 Å². The molecule has 0 fully saturated rings. The van der Waals surface area contributed by atoms with Gasteiger partial charge < -0.3 is 10.3 Å². The molecule has 2 N–H and O–H groups in total.